The monoisotopic (exact) mass is 368 g/mol. The fourth-order valence-corrected chi connectivity index (χ4v) is 2.23. The summed E-state index contributed by atoms with van der Waals surface area (Å²) in [5.41, 5.74) is 0.601. The zero-order valence-electron chi connectivity index (χ0n) is 12.1. The number of methoxy groups -OCH3 is 2. The van der Waals surface area contributed by atoms with Crippen LogP contribution in [0.5, 0.6) is 17.2 Å². The third kappa shape index (κ3) is 3.98. The van der Waals surface area contributed by atoms with Gasteiger partial charge in [-0.05, 0) is 36.4 Å². The molecule has 0 aliphatic rings. The van der Waals surface area contributed by atoms with E-state index in [1.165, 1.54) is 26.4 Å². The van der Waals surface area contributed by atoms with Crippen LogP contribution < -0.4 is 14.2 Å². The third-order valence-corrected chi connectivity index (χ3v) is 3.43. The van der Waals surface area contributed by atoms with Crippen molar-refractivity contribution in [3.8, 4) is 17.2 Å². The standard InChI is InChI=1S/C16H14BrFO4/c1-20-12-4-6-14(21-2)10(7-12)8-16(19)22-15-5-3-11(17)9-13(15)18/h3-7,9H,8H2,1-2H3. The lowest BCUT2D eigenvalue weighted by molar-refractivity contribution is -0.133. The summed E-state index contributed by atoms with van der Waals surface area (Å²) in [4.78, 5) is 12.0. The zero-order chi connectivity index (χ0) is 16.1. The van der Waals surface area contributed by atoms with Gasteiger partial charge in [0.2, 0.25) is 0 Å². The molecular formula is C16H14BrFO4. The predicted molar refractivity (Wildman–Crippen MR) is 83.0 cm³/mol. The second kappa shape index (κ2) is 7.26. The first-order valence-corrected chi connectivity index (χ1v) is 7.19. The number of rotatable bonds is 5. The average molecular weight is 369 g/mol. The van der Waals surface area contributed by atoms with Crippen LogP contribution in [0.3, 0.4) is 0 Å². The van der Waals surface area contributed by atoms with Crippen LogP contribution in [-0.4, -0.2) is 20.2 Å². The molecule has 2 rings (SSSR count). The van der Waals surface area contributed by atoms with Crippen molar-refractivity contribution < 1.29 is 23.4 Å². The summed E-state index contributed by atoms with van der Waals surface area (Å²) in [6.45, 7) is 0. The normalized spacial score (nSPS) is 10.2. The Kier molecular flexibility index (Phi) is 5.38. The molecule has 0 bridgehead atoms. The number of esters is 1. The van der Waals surface area contributed by atoms with Gasteiger partial charge in [-0.1, -0.05) is 15.9 Å². The van der Waals surface area contributed by atoms with Crippen LogP contribution in [-0.2, 0) is 11.2 Å². The minimum absolute atomic E-state index is 0.0596. The molecule has 0 aliphatic carbocycles. The van der Waals surface area contributed by atoms with Crippen molar-refractivity contribution in [2.75, 3.05) is 14.2 Å². The van der Waals surface area contributed by atoms with Crippen molar-refractivity contribution in [3.05, 3.63) is 52.3 Å². The number of hydrogen-bond donors (Lipinski definition) is 0. The fraction of sp³-hybridized carbons (Fsp3) is 0.188. The van der Waals surface area contributed by atoms with E-state index < -0.39 is 11.8 Å². The quantitative estimate of drug-likeness (QED) is 0.595. The summed E-state index contributed by atoms with van der Waals surface area (Å²) >= 11 is 3.14. The zero-order valence-corrected chi connectivity index (χ0v) is 13.6. The highest BCUT2D eigenvalue weighted by molar-refractivity contribution is 9.10. The average Bonchev–Trinajstić information content (AvgIpc) is 2.50. The maximum Gasteiger partial charge on any atom is 0.315 e. The number of halogens is 2. The Morgan fingerprint density at radius 3 is 2.45 bits per heavy atom. The molecule has 4 nitrogen and oxygen atoms in total. The van der Waals surface area contributed by atoms with E-state index in [1.54, 1.807) is 24.3 Å². The largest absolute Gasteiger partial charge is 0.497 e. The molecule has 0 fully saturated rings. The van der Waals surface area contributed by atoms with Crippen molar-refractivity contribution in [2.24, 2.45) is 0 Å². The van der Waals surface area contributed by atoms with Crippen LogP contribution in [0.4, 0.5) is 4.39 Å². The van der Waals surface area contributed by atoms with E-state index in [9.17, 15) is 9.18 Å². The molecule has 0 saturated carbocycles. The molecule has 0 aromatic heterocycles. The molecule has 0 amide bonds. The second-order valence-electron chi connectivity index (χ2n) is 4.40. The van der Waals surface area contributed by atoms with Crippen molar-refractivity contribution in [1.82, 2.24) is 0 Å². The Hall–Kier alpha value is -2.08. The molecule has 0 radical (unpaired) electrons. The summed E-state index contributed by atoms with van der Waals surface area (Å²) in [7, 11) is 3.03. The smallest absolute Gasteiger partial charge is 0.315 e. The molecule has 2 aromatic carbocycles. The topological polar surface area (TPSA) is 44.8 Å². The van der Waals surface area contributed by atoms with E-state index in [-0.39, 0.29) is 12.2 Å². The van der Waals surface area contributed by atoms with Gasteiger partial charge < -0.3 is 14.2 Å². The molecule has 2 aromatic rings. The van der Waals surface area contributed by atoms with E-state index in [4.69, 9.17) is 14.2 Å². The number of benzene rings is 2. The molecule has 0 saturated heterocycles. The van der Waals surface area contributed by atoms with Crippen LogP contribution >= 0.6 is 15.9 Å². The summed E-state index contributed by atoms with van der Waals surface area (Å²) in [6, 6.07) is 9.31. The van der Waals surface area contributed by atoms with Gasteiger partial charge in [0.1, 0.15) is 11.5 Å². The molecule has 0 N–H and O–H groups in total. The van der Waals surface area contributed by atoms with E-state index >= 15 is 0 Å². The molecule has 6 heteroatoms. The van der Waals surface area contributed by atoms with E-state index in [0.717, 1.165) is 0 Å². The van der Waals surface area contributed by atoms with Crippen LogP contribution in [0.15, 0.2) is 40.9 Å². The predicted octanol–water partition coefficient (Wildman–Crippen LogP) is 3.75. The highest BCUT2D eigenvalue weighted by atomic mass is 79.9. The molecule has 22 heavy (non-hydrogen) atoms. The highest BCUT2D eigenvalue weighted by Gasteiger charge is 2.14. The summed E-state index contributed by atoms with van der Waals surface area (Å²) < 4.78 is 29.6. The number of ether oxygens (including phenoxy) is 3. The van der Waals surface area contributed by atoms with Gasteiger partial charge in [0.15, 0.2) is 11.6 Å². The Bertz CT molecular complexity index is 688. The van der Waals surface area contributed by atoms with Crippen molar-refractivity contribution >= 4 is 21.9 Å². The number of hydrogen-bond acceptors (Lipinski definition) is 4. The second-order valence-corrected chi connectivity index (χ2v) is 5.32. The van der Waals surface area contributed by atoms with Crippen LogP contribution in [0, 0.1) is 5.82 Å². The van der Waals surface area contributed by atoms with Gasteiger partial charge in [-0.2, -0.15) is 0 Å². The highest BCUT2D eigenvalue weighted by Crippen LogP contribution is 2.26. The van der Waals surface area contributed by atoms with Gasteiger partial charge in [-0.3, -0.25) is 4.79 Å². The van der Waals surface area contributed by atoms with Gasteiger partial charge in [0, 0.05) is 10.0 Å². The molecule has 116 valence electrons. The minimum atomic E-state index is -0.611. The lowest BCUT2D eigenvalue weighted by Crippen LogP contribution is -2.13. The van der Waals surface area contributed by atoms with Gasteiger partial charge in [0.25, 0.3) is 0 Å². The molecular weight excluding hydrogens is 355 g/mol. The van der Waals surface area contributed by atoms with Gasteiger partial charge in [-0.25, -0.2) is 4.39 Å². The molecule has 0 heterocycles. The van der Waals surface area contributed by atoms with Crippen LogP contribution in [0.2, 0.25) is 0 Å². The van der Waals surface area contributed by atoms with Crippen molar-refractivity contribution in [2.45, 2.75) is 6.42 Å². The number of carbonyl (C=O) groups excluding carboxylic acids is 1. The first-order chi connectivity index (χ1) is 10.5. The summed E-state index contributed by atoms with van der Waals surface area (Å²) in [5.74, 6) is -0.185. The lowest BCUT2D eigenvalue weighted by Gasteiger charge is -2.10. The Balaban J connectivity index is 2.14. The molecule has 0 aliphatic heterocycles. The van der Waals surface area contributed by atoms with Gasteiger partial charge in [0.05, 0.1) is 20.6 Å². The Labute approximate surface area is 135 Å². The maximum absolute atomic E-state index is 13.7. The Morgan fingerprint density at radius 2 is 1.82 bits per heavy atom. The third-order valence-electron chi connectivity index (χ3n) is 2.94. The SMILES string of the molecule is COc1ccc(OC)c(CC(=O)Oc2ccc(Br)cc2F)c1. The van der Waals surface area contributed by atoms with Crippen molar-refractivity contribution in [3.63, 3.8) is 0 Å². The van der Waals surface area contributed by atoms with Gasteiger partial charge >= 0.3 is 5.97 Å². The van der Waals surface area contributed by atoms with Crippen molar-refractivity contribution in [1.29, 1.82) is 0 Å². The molecule has 0 spiro atoms. The molecule has 0 atom stereocenters. The molecule has 0 unspecified atom stereocenters. The lowest BCUT2D eigenvalue weighted by atomic mass is 10.1. The Morgan fingerprint density at radius 1 is 1.09 bits per heavy atom. The fourth-order valence-electron chi connectivity index (χ4n) is 1.89. The maximum atomic E-state index is 13.7. The van der Waals surface area contributed by atoms with E-state index in [2.05, 4.69) is 15.9 Å². The first kappa shape index (κ1) is 16.3. The number of carbonyl (C=O) groups is 1. The summed E-state index contributed by atoms with van der Waals surface area (Å²) in [6.07, 6.45) is -0.0596. The van der Waals surface area contributed by atoms with Crippen LogP contribution in [0.1, 0.15) is 5.56 Å². The van der Waals surface area contributed by atoms with Gasteiger partial charge in [-0.15, -0.1) is 0 Å². The van der Waals surface area contributed by atoms with E-state index in [1.807, 2.05) is 0 Å². The van der Waals surface area contributed by atoms with Crippen LogP contribution in [0.25, 0.3) is 0 Å². The minimum Gasteiger partial charge on any atom is -0.497 e. The van der Waals surface area contributed by atoms with E-state index in [0.29, 0.717) is 21.5 Å². The first-order valence-electron chi connectivity index (χ1n) is 6.40. The summed E-state index contributed by atoms with van der Waals surface area (Å²) in [5, 5.41) is 0.